The van der Waals surface area contributed by atoms with Crippen LogP contribution in [-0.2, 0) is 16.6 Å². The molecule has 0 amide bonds. The van der Waals surface area contributed by atoms with E-state index in [-0.39, 0.29) is 4.90 Å². The molecule has 4 rings (SSSR count). The summed E-state index contributed by atoms with van der Waals surface area (Å²) in [4.78, 5) is 7.26. The Hall–Kier alpha value is -1.97. The minimum Gasteiger partial charge on any atom is -0.390 e. The van der Waals surface area contributed by atoms with Crippen LogP contribution in [0.15, 0.2) is 51.8 Å². The Balaban J connectivity index is 1.59. The van der Waals surface area contributed by atoms with Gasteiger partial charge in [0.05, 0.1) is 4.90 Å². The van der Waals surface area contributed by atoms with Gasteiger partial charge in [-0.1, -0.05) is 39.8 Å². The van der Waals surface area contributed by atoms with Crippen molar-refractivity contribution >= 4 is 37.0 Å². The molecule has 2 heterocycles. The molecule has 1 aromatic heterocycles. The number of nitrogens with zero attached hydrogens (tertiary/aromatic N) is 4. The van der Waals surface area contributed by atoms with Gasteiger partial charge in [0.15, 0.2) is 0 Å². The number of hydrogen-bond acceptors (Lipinski definition) is 5. The number of aromatic nitrogens is 3. The number of fused-ring (bicyclic) bond motifs is 1. The second-order valence-corrected chi connectivity index (χ2v) is 9.98. The third kappa shape index (κ3) is 3.92. The van der Waals surface area contributed by atoms with E-state index in [4.69, 9.17) is 4.84 Å². The van der Waals surface area contributed by atoms with E-state index >= 15 is 0 Å². The van der Waals surface area contributed by atoms with Gasteiger partial charge in [-0.25, -0.2) is 8.42 Å². The average molecular weight is 465 g/mol. The van der Waals surface area contributed by atoms with Crippen LogP contribution in [0.3, 0.4) is 0 Å². The second kappa shape index (κ2) is 7.81. The van der Waals surface area contributed by atoms with Crippen LogP contribution in [0.2, 0.25) is 0 Å². The normalized spacial score (nSPS) is 18.4. The molecular weight excluding hydrogens is 444 g/mol. The lowest BCUT2D eigenvalue weighted by Gasteiger charge is -2.30. The topological polar surface area (TPSA) is 77.3 Å². The molecule has 28 heavy (non-hydrogen) atoms. The standard InChI is InChI=1S/C19H21BrN4O3S/c1-14-3-2-10-23(12-14)28(25,26)17-8-9-18-19(11-17)24(22-21-18)27-13-15-4-6-16(20)7-5-15/h4-9,11,14H,2-3,10,12-13H2,1H3. The number of piperidine rings is 1. The SMILES string of the molecule is CC1CCCN(S(=O)(=O)c2ccc3nnn(OCc4ccc(Br)cc4)c3c2)C1. The van der Waals surface area contributed by atoms with Crippen molar-refractivity contribution in [3.8, 4) is 0 Å². The van der Waals surface area contributed by atoms with E-state index < -0.39 is 10.0 Å². The number of sulfonamides is 1. The molecule has 1 fully saturated rings. The zero-order valence-corrected chi connectivity index (χ0v) is 17.9. The molecule has 0 bridgehead atoms. The van der Waals surface area contributed by atoms with Gasteiger partial charge in [0.1, 0.15) is 17.6 Å². The summed E-state index contributed by atoms with van der Waals surface area (Å²) in [6, 6.07) is 12.6. The monoisotopic (exact) mass is 464 g/mol. The van der Waals surface area contributed by atoms with E-state index in [1.54, 1.807) is 22.5 Å². The van der Waals surface area contributed by atoms with Crippen molar-refractivity contribution in [1.29, 1.82) is 0 Å². The number of rotatable bonds is 5. The summed E-state index contributed by atoms with van der Waals surface area (Å²) in [5.41, 5.74) is 2.09. The van der Waals surface area contributed by atoms with Crippen LogP contribution < -0.4 is 4.84 Å². The smallest absolute Gasteiger partial charge is 0.243 e. The van der Waals surface area contributed by atoms with E-state index in [9.17, 15) is 8.42 Å². The highest BCUT2D eigenvalue weighted by atomic mass is 79.9. The van der Waals surface area contributed by atoms with Crippen LogP contribution in [0.1, 0.15) is 25.3 Å². The quantitative estimate of drug-likeness (QED) is 0.578. The fourth-order valence-corrected chi connectivity index (χ4v) is 5.25. The summed E-state index contributed by atoms with van der Waals surface area (Å²) < 4.78 is 28.7. The van der Waals surface area contributed by atoms with E-state index in [1.807, 2.05) is 24.3 Å². The summed E-state index contributed by atoms with van der Waals surface area (Å²) in [6.45, 7) is 3.49. The number of benzene rings is 2. The van der Waals surface area contributed by atoms with E-state index in [1.165, 1.54) is 4.85 Å². The second-order valence-electron chi connectivity index (χ2n) is 7.12. The van der Waals surface area contributed by atoms with Crippen LogP contribution in [0.25, 0.3) is 11.0 Å². The molecule has 1 aliphatic heterocycles. The number of halogens is 1. The molecule has 7 nitrogen and oxygen atoms in total. The Morgan fingerprint density at radius 3 is 2.75 bits per heavy atom. The van der Waals surface area contributed by atoms with Crippen LogP contribution in [0.5, 0.6) is 0 Å². The van der Waals surface area contributed by atoms with Crippen LogP contribution in [0.4, 0.5) is 0 Å². The first-order chi connectivity index (χ1) is 13.4. The molecule has 0 aliphatic carbocycles. The molecular formula is C19H21BrN4O3S. The van der Waals surface area contributed by atoms with Crippen molar-refractivity contribution in [2.45, 2.75) is 31.3 Å². The van der Waals surface area contributed by atoms with Crippen molar-refractivity contribution < 1.29 is 13.3 Å². The Morgan fingerprint density at radius 1 is 1.21 bits per heavy atom. The molecule has 0 saturated carbocycles. The Bertz CT molecular complexity index is 1080. The summed E-state index contributed by atoms with van der Waals surface area (Å²) >= 11 is 3.40. The van der Waals surface area contributed by atoms with Gasteiger partial charge in [-0.3, -0.25) is 0 Å². The van der Waals surface area contributed by atoms with Gasteiger partial charge in [0.25, 0.3) is 0 Å². The zero-order chi connectivity index (χ0) is 19.7. The molecule has 1 unspecified atom stereocenters. The summed E-state index contributed by atoms with van der Waals surface area (Å²) in [5, 5.41) is 8.07. The molecule has 0 radical (unpaired) electrons. The molecule has 1 atom stereocenters. The third-order valence-electron chi connectivity index (χ3n) is 4.91. The molecule has 1 aliphatic rings. The van der Waals surface area contributed by atoms with Crippen molar-refractivity contribution in [3.05, 3.63) is 52.5 Å². The summed E-state index contributed by atoms with van der Waals surface area (Å²) in [7, 11) is -3.55. The largest absolute Gasteiger partial charge is 0.390 e. The minimum atomic E-state index is -3.55. The van der Waals surface area contributed by atoms with Gasteiger partial charge in [-0.05, 0) is 59.9 Å². The Labute approximate surface area is 172 Å². The van der Waals surface area contributed by atoms with E-state index in [0.717, 1.165) is 22.9 Å². The number of hydrogen-bond donors (Lipinski definition) is 0. The van der Waals surface area contributed by atoms with Crippen LogP contribution in [0, 0.1) is 5.92 Å². The predicted octanol–water partition coefficient (Wildman–Crippen LogP) is 3.24. The maximum Gasteiger partial charge on any atom is 0.243 e. The lowest BCUT2D eigenvalue weighted by atomic mass is 10.0. The summed E-state index contributed by atoms with van der Waals surface area (Å²) in [6.07, 6.45) is 1.95. The van der Waals surface area contributed by atoms with Crippen molar-refractivity contribution in [2.24, 2.45) is 5.92 Å². The maximum atomic E-state index is 13.1. The van der Waals surface area contributed by atoms with Crippen molar-refractivity contribution in [3.63, 3.8) is 0 Å². The fourth-order valence-electron chi connectivity index (χ4n) is 3.36. The van der Waals surface area contributed by atoms with Crippen LogP contribution >= 0.6 is 15.9 Å². The molecule has 0 spiro atoms. The zero-order valence-electron chi connectivity index (χ0n) is 15.5. The molecule has 2 aromatic carbocycles. The van der Waals surface area contributed by atoms with Gasteiger partial charge < -0.3 is 4.84 Å². The Morgan fingerprint density at radius 2 is 2.00 bits per heavy atom. The highest BCUT2D eigenvalue weighted by Crippen LogP contribution is 2.25. The molecule has 0 N–H and O–H groups in total. The first-order valence-corrected chi connectivity index (χ1v) is 11.4. The first-order valence-electron chi connectivity index (χ1n) is 9.17. The Kier molecular flexibility index (Phi) is 5.39. The van der Waals surface area contributed by atoms with Gasteiger partial charge >= 0.3 is 0 Å². The van der Waals surface area contributed by atoms with Gasteiger partial charge in [-0.15, -0.1) is 5.10 Å². The van der Waals surface area contributed by atoms with Crippen molar-refractivity contribution in [1.82, 2.24) is 19.5 Å². The first kappa shape index (κ1) is 19.4. The minimum absolute atomic E-state index is 0.241. The van der Waals surface area contributed by atoms with Gasteiger partial charge in [0.2, 0.25) is 10.0 Å². The maximum absolute atomic E-state index is 13.1. The molecule has 9 heteroatoms. The highest BCUT2D eigenvalue weighted by Gasteiger charge is 2.29. The fraction of sp³-hybridized carbons (Fsp3) is 0.368. The van der Waals surface area contributed by atoms with Crippen molar-refractivity contribution in [2.75, 3.05) is 13.1 Å². The predicted molar refractivity (Wildman–Crippen MR) is 109 cm³/mol. The molecule has 1 saturated heterocycles. The molecule has 3 aromatic rings. The van der Waals surface area contributed by atoms with E-state index in [0.29, 0.717) is 36.6 Å². The van der Waals surface area contributed by atoms with E-state index in [2.05, 4.69) is 33.2 Å². The average Bonchev–Trinajstić information content (AvgIpc) is 3.10. The van der Waals surface area contributed by atoms with Crippen LogP contribution in [-0.4, -0.2) is 41.0 Å². The highest BCUT2D eigenvalue weighted by molar-refractivity contribution is 9.10. The lowest BCUT2D eigenvalue weighted by Crippen LogP contribution is -2.39. The van der Waals surface area contributed by atoms with Gasteiger partial charge in [-0.2, -0.15) is 4.31 Å². The summed E-state index contributed by atoms with van der Waals surface area (Å²) in [5.74, 6) is 0.369. The van der Waals surface area contributed by atoms with Gasteiger partial charge in [0, 0.05) is 17.6 Å². The third-order valence-corrected chi connectivity index (χ3v) is 7.30. The lowest BCUT2D eigenvalue weighted by molar-refractivity contribution is 0.0751. The molecule has 148 valence electrons.